The number of rotatable bonds is 15. The van der Waals surface area contributed by atoms with E-state index in [2.05, 4.69) is 25.8 Å². The van der Waals surface area contributed by atoms with Gasteiger partial charge in [0, 0.05) is 31.7 Å². The number of carbonyl (C=O) groups is 2. The first-order valence-electron chi connectivity index (χ1n) is 14.4. The molecule has 1 saturated carbocycles. The van der Waals surface area contributed by atoms with Crippen molar-refractivity contribution in [1.29, 1.82) is 0 Å². The summed E-state index contributed by atoms with van der Waals surface area (Å²) in [4.78, 5) is 39.1. The third-order valence-corrected chi connectivity index (χ3v) is 7.52. The zero-order valence-electron chi connectivity index (χ0n) is 24.6. The number of anilines is 4. The topological polar surface area (TPSA) is 130 Å². The Morgan fingerprint density at radius 3 is 2.51 bits per heavy atom. The zero-order chi connectivity index (χ0) is 29.2. The highest BCUT2D eigenvalue weighted by atomic mass is 16.5. The molecule has 2 aromatic rings. The molecule has 1 aromatic carbocycles. The molecule has 2 heterocycles. The van der Waals surface area contributed by atoms with Gasteiger partial charge in [-0.25, -0.2) is 4.98 Å². The van der Waals surface area contributed by atoms with Crippen LogP contribution in [-0.4, -0.2) is 94.6 Å². The monoisotopic (exact) mass is 569 g/mol. The van der Waals surface area contributed by atoms with E-state index < -0.39 is 0 Å². The maximum Gasteiger partial charge on any atom is 0.251 e. The van der Waals surface area contributed by atoms with Gasteiger partial charge in [0.05, 0.1) is 45.4 Å². The number of hydrogen-bond acceptors (Lipinski definition) is 10. The first kappa shape index (κ1) is 30.5. The number of hydrogen-bond donors (Lipinski definition) is 3. The Bertz CT molecular complexity index is 1170. The maximum atomic E-state index is 13.1. The molecule has 0 saturated heterocycles. The van der Waals surface area contributed by atoms with E-state index in [-0.39, 0.29) is 23.9 Å². The van der Waals surface area contributed by atoms with Gasteiger partial charge in [-0.05, 0) is 44.5 Å². The van der Waals surface area contributed by atoms with Crippen molar-refractivity contribution < 1.29 is 23.8 Å². The van der Waals surface area contributed by atoms with E-state index in [0.29, 0.717) is 68.0 Å². The summed E-state index contributed by atoms with van der Waals surface area (Å²) in [6.45, 7) is 5.25. The number of carbonyl (C=O) groups excluding carboxylic acids is 2. The van der Waals surface area contributed by atoms with Crippen molar-refractivity contribution in [2.75, 3.05) is 75.8 Å². The lowest BCUT2D eigenvalue weighted by Gasteiger charge is -2.43. The molecule has 0 spiro atoms. The summed E-state index contributed by atoms with van der Waals surface area (Å²) < 4.78 is 16.5. The minimum absolute atomic E-state index is 0.0764. The number of nitrogens with one attached hydrogen (secondary N) is 3. The second-order valence-electron chi connectivity index (χ2n) is 10.2. The molecule has 2 aliphatic rings. The lowest BCUT2D eigenvalue weighted by molar-refractivity contribution is -0.120. The molecule has 0 radical (unpaired) electrons. The zero-order valence-corrected chi connectivity index (χ0v) is 24.6. The fraction of sp³-hybridized carbons (Fsp3) is 0.586. The normalized spacial score (nSPS) is 17.1. The van der Waals surface area contributed by atoms with Crippen LogP contribution < -0.4 is 30.5 Å². The summed E-state index contributed by atoms with van der Waals surface area (Å²) in [5, 5.41) is 9.12. The summed E-state index contributed by atoms with van der Waals surface area (Å²) in [5.74, 6) is 1.50. The molecule has 0 bridgehead atoms. The highest BCUT2D eigenvalue weighted by Gasteiger charge is 2.41. The van der Waals surface area contributed by atoms with Gasteiger partial charge < -0.3 is 40.0 Å². The first-order chi connectivity index (χ1) is 20.0. The lowest BCUT2D eigenvalue weighted by atomic mass is 10.0. The van der Waals surface area contributed by atoms with Crippen LogP contribution in [0.15, 0.2) is 24.4 Å². The van der Waals surface area contributed by atoms with Crippen LogP contribution in [0, 0.1) is 0 Å². The third kappa shape index (κ3) is 7.43. The molecule has 12 heteroatoms. The number of benzene rings is 1. The summed E-state index contributed by atoms with van der Waals surface area (Å²) in [6.07, 6.45) is 6.82. The predicted molar refractivity (Wildman–Crippen MR) is 158 cm³/mol. The lowest BCUT2D eigenvalue weighted by Crippen LogP contribution is -2.55. The summed E-state index contributed by atoms with van der Waals surface area (Å²) in [7, 11) is 5.21. The molecule has 1 fully saturated rings. The average Bonchev–Trinajstić information content (AvgIpc) is 3.52. The number of likely N-dealkylation sites (N-methyl/N-ethyl adjacent to an activating group) is 2. The highest BCUT2D eigenvalue weighted by molar-refractivity contribution is 6.04. The van der Waals surface area contributed by atoms with Crippen molar-refractivity contribution in [3.8, 4) is 5.75 Å². The van der Waals surface area contributed by atoms with E-state index >= 15 is 0 Å². The van der Waals surface area contributed by atoms with Crippen LogP contribution in [0.1, 0.15) is 49.4 Å². The minimum atomic E-state index is -0.243. The van der Waals surface area contributed by atoms with Crippen molar-refractivity contribution in [2.45, 2.75) is 51.1 Å². The maximum absolute atomic E-state index is 13.1. The van der Waals surface area contributed by atoms with Crippen LogP contribution in [0.3, 0.4) is 0 Å². The number of nitrogens with zero attached hydrogens (tertiary/aromatic N) is 4. The Labute approximate surface area is 242 Å². The minimum Gasteiger partial charge on any atom is -0.495 e. The molecule has 4 rings (SSSR count). The van der Waals surface area contributed by atoms with E-state index in [4.69, 9.17) is 19.2 Å². The molecule has 1 atom stereocenters. The van der Waals surface area contributed by atoms with E-state index in [1.165, 1.54) is 0 Å². The average molecular weight is 570 g/mol. The molecule has 1 aliphatic carbocycles. The van der Waals surface area contributed by atoms with Crippen LogP contribution in [-0.2, 0) is 14.3 Å². The number of aromatic nitrogens is 2. The number of fused-ring (bicyclic) bond motifs is 1. The van der Waals surface area contributed by atoms with Crippen LogP contribution in [0.5, 0.6) is 5.75 Å². The molecule has 1 aliphatic heterocycles. The largest absolute Gasteiger partial charge is 0.495 e. The Hall–Kier alpha value is -3.48. The van der Waals surface area contributed by atoms with Gasteiger partial charge in [-0.1, -0.05) is 19.8 Å². The van der Waals surface area contributed by atoms with Crippen LogP contribution >= 0.6 is 0 Å². The SMILES string of the molecule is CC[C@@H]1C(=O)N(C)c2cnc(Nc3ccc(C(=O)NCCOCCOCCNC)cc3OC)nc2N1C1CCCC1. The summed E-state index contributed by atoms with van der Waals surface area (Å²) in [6, 6.07) is 5.21. The van der Waals surface area contributed by atoms with Crippen molar-refractivity contribution in [3.63, 3.8) is 0 Å². The van der Waals surface area contributed by atoms with Gasteiger partial charge in [-0.2, -0.15) is 4.98 Å². The van der Waals surface area contributed by atoms with Crippen LogP contribution in [0.4, 0.5) is 23.1 Å². The number of ether oxygens (including phenoxy) is 3. The Morgan fingerprint density at radius 1 is 1.10 bits per heavy atom. The molecular weight excluding hydrogens is 526 g/mol. The van der Waals surface area contributed by atoms with Crippen molar-refractivity contribution in [2.24, 2.45) is 0 Å². The van der Waals surface area contributed by atoms with Gasteiger partial charge in [-0.3, -0.25) is 9.59 Å². The highest BCUT2D eigenvalue weighted by Crippen LogP contribution is 2.40. The van der Waals surface area contributed by atoms with Crippen LogP contribution in [0.2, 0.25) is 0 Å². The van der Waals surface area contributed by atoms with E-state index in [1.54, 1.807) is 43.5 Å². The summed E-state index contributed by atoms with van der Waals surface area (Å²) in [5.41, 5.74) is 1.80. The van der Waals surface area contributed by atoms with Gasteiger partial charge in [0.15, 0.2) is 5.82 Å². The van der Waals surface area contributed by atoms with Gasteiger partial charge in [0.1, 0.15) is 17.5 Å². The van der Waals surface area contributed by atoms with Crippen molar-refractivity contribution in [1.82, 2.24) is 20.6 Å². The predicted octanol–water partition coefficient (Wildman–Crippen LogP) is 2.72. The quantitative estimate of drug-likeness (QED) is 0.275. The van der Waals surface area contributed by atoms with Gasteiger partial charge in [0.25, 0.3) is 5.91 Å². The van der Waals surface area contributed by atoms with Crippen molar-refractivity contribution >= 4 is 35.0 Å². The van der Waals surface area contributed by atoms with E-state index in [0.717, 1.165) is 38.0 Å². The second kappa shape index (κ2) is 14.9. The molecule has 0 unspecified atom stereocenters. The molecular formula is C29H43N7O5. The summed E-state index contributed by atoms with van der Waals surface area (Å²) >= 11 is 0. The molecule has 1 aromatic heterocycles. The first-order valence-corrected chi connectivity index (χ1v) is 14.4. The smallest absolute Gasteiger partial charge is 0.251 e. The molecule has 3 N–H and O–H groups in total. The van der Waals surface area contributed by atoms with Gasteiger partial charge in [-0.15, -0.1) is 0 Å². The molecule has 224 valence electrons. The fourth-order valence-corrected chi connectivity index (χ4v) is 5.33. The standard InChI is InChI=1S/C29H43N7O5/c1-5-23-28(38)35(3)24-19-32-29(34-26(24)36(23)21-8-6-7-9-21)33-22-11-10-20(18-25(22)39-4)27(37)31-13-15-41-17-16-40-14-12-30-2/h10-11,18-19,21,23,30H,5-9,12-17H2,1-4H3,(H,31,37)(H,32,33,34)/t23-/m1/s1. The second-order valence-corrected chi connectivity index (χ2v) is 10.2. The van der Waals surface area contributed by atoms with E-state index in [1.807, 2.05) is 14.0 Å². The molecule has 41 heavy (non-hydrogen) atoms. The van der Waals surface area contributed by atoms with Crippen LogP contribution in [0.25, 0.3) is 0 Å². The number of methoxy groups -OCH3 is 1. The van der Waals surface area contributed by atoms with Gasteiger partial charge >= 0.3 is 0 Å². The Morgan fingerprint density at radius 2 is 1.83 bits per heavy atom. The molecule has 12 nitrogen and oxygen atoms in total. The van der Waals surface area contributed by atoms with E-state index in [9.17, 15) is 9.59 Å². The van der Waals surface area contributed by atoms with Gasteiger partial charge in [0.2, 0.25) is 11.9 Å². The third-order valence-electron chi connectivity index (χ3n) is 7.52. The number of amides is 2. The Kier molecular flexibility index (Phi) is 11.1. The molecule has 2 amide bonds. The Balaban J connectivity index is 1.40. The fourth-order valence-electron chi connectivity index (χ4n) is 5.33. The van der Waals surface area contributed by atoms with Crippen molar-refractivity contribution in [3.05, 3.63) is 30.0 Å².